The van der Waals surface area contributed by atoms with E-state index in [4.69, 9.17) is 0 Å². The number of amides is 1. The van der Waals surface area contributed by atoms with Crippen LogP contribution in [0.2, 0.25) is 0 Å². The Labute approximate surface area is 126 Å². The van der Waals surface area contributed by atoms with Gasteiger partial charge in [-0.25, -0.2) is 0 Å². The lowest BCUT2D eigenvalue weighted by Gasteiger charge is -2.39. The molecule has 1 unspecified atom stereocenters. The van der Waals surface area contributed by atoms with Crippen LogP contribution in [0.4, 0.5) is 5.69 Å². The third kappa shape index (κ3) is 1.93. The number of rotatable bonds is 2. The fraction of sp³-hybridized carbons (Fsp3) is 0.400. The molecule has 1 aliphatic heterocycles. The average Bonchev–Trinajstić information content (AvgIpc) is 2.81. The second-order valence-electron chi connectivity index (χ2n) is 5.86. The van der Waals surface area contributed by atoms with E-state index in [-0.39, 0.29) is 54.5 Å². The highest BCUT2D eigenvalue weighted by Gasteiger charge is 2.49. The van der Waals surface area contributed by atoms with Gasteiger partial charge >= 0.3 is 0 Å². The highest BCUT2D eigenvalue weighted by atomic mass is 16.6. The molecular weight excluding hydrogens is 288 g/mol. The molecule has 0 bridgehead atoms. The summed E-state index contributed by atoms with van der Waals surface area (Å²) < 4.78 is 0. The molecule has 114 valence electrons. The molecule has 7 heteroatoms. The molecular formula is C15H14N2O5. The molecule has 1 aliphatic carbocycles. The molecule has 1 fully saturated rings. The quantitative estimate of drug-likeness (QED) is 0.470. The molecule has 0 aromatic heterocycles. The highest BCUT2D eigenvalue weighted by molar-refractivity contribution is 6.09. The Kier molecular flexibility index (Phi) is 3.09. The predicted octanol–water partition coefficient (Wildman–Crippen LogP) is 1.63. The summed E-state index contributed by atoms with van der Waals surface area (Å²) in [6, 6.07) is 4.35. The van der Waals surface area contributed by atoms with Crippen molar-refractivity contribution in [3.8, 4) is 0 Å². The smallest absolute Gasteiger partial charge is 0.275 e. The lowest BCUT2D eigenvalue weighted by atomic mass is 9.80. The van der Waals surface area contributed by atoms with Crippen LogP contribution in [0.3, 0.4) is 0 Å². The number of Topliss-reactive ketones (excluding diaryl/α,β-unsaturated/α-hetero) is 2. The van der Waals surface area contributed by atoms with Gasteiger partial charge in [-0.3, -0.25) is 24.5 Å². The van der Waals surface area contributed by atoms with E-state index in [1.165, 1.54) is 23.1 Å². The maximum Gasteiger partial charge on any atom is 0.275 e. The normalized spacial score (nSPS) is 24.6. The molecule has 0 N–H and O–H groups in total. The minimum absolute atomic E-state index is 0.0295. The molecule has 7 nitrogen and oxygen atoms in total. The van der Waals surface area contributed by atoms with Crippen LogP contribution in [0.15, 0.2) is 18.2 Å². The molecule has 2 aliphatic rings. The van der Waals surface area contributed by atoms with E-state index >= 15 is 0 Å². The van der Waals surface area contributed by atoms with Crippen LogP contribution in [-0.2, 0) is 16.1 Å². The summed E-state index contributed by atoms with van der Waals surface area (Å²) in [5.41, 5.74) is -0.586. The summed E-state index contributed by atoms with van der Waals surface area (Å²) in [5.74, 6) is -0.811. The van der Waals surface area contributed by atoms with Crippen LogP contribution in [0, 0.1) is 10.1 Å². The van der Waals surface area contributed by atoms with Crippen molar-refractivity contribution in [1.29, 1.82) is 0 Å². The zero-order valence-electron chi connectivity index (χ0n) is 12.0. The first-order valence-corrected chi connectivity index (χ1v) is 6.98. The summed E-state index contributed by atoms with van der Waals surface area (Å²) in [7, 11) is 0. The maximum absolute atomic E-state index is 12.6. The SMILES string of the molecule is CC1(N2Cc3c(cccc3[N+](=O)[O-])C2=O)CCC(=O)CC1=O. The summed E-state index contributed by atoms with van der Waals surface area (Å²) in [6.07, 6.45) is 0.321. The molecule has 3 rings (SSSR count). The predicted molar refractivity (Wildman–Crippen MR) is 75.2 cm³/mol. The number of nitro benzene ring substituents is 1. The molecule has 0 radical (unpaired) electrons. The standard InChI is InChI=1S/C15H14N2O5/c1-15(6-5-9(18)7-13(15)19)16-8-11-10(14(16)20)3-2-4-12(11)17(21)22/h2-4H,5-8H2,1H3. The highest BCUT2D eigenvalue weighted by Crippen LogP contribution is 2.38. The monoisotopic (exact) mass is 302 g/mol. The minimum atomic E-state index is -1.07. The topological polar surface area (TPSA) is 97.6 Å². The molecule has 1 heterocycles. The fourth-order valence-corrected chi connectivity index (χ4v) is 3.15. The van der Waals surface area contributed by atoms with E-state index in [0.717, 1.165) is 0 Å². The molecule has 0 saturated heterocycles. The van der Waals surface area contributed by atoms with E-state index in [1.807, 2.05) is 0 Å². The van der Waals surface area contributed by atoms with Gasteiger partial charge in [-0.15, -0.1) is 0 Å². The van der Waals surface area contributed by atoms with Crippen molar-refractivity contribution in [3.63, 3.8) is 0 Å². The van der Waals surface area contributed by atoms with Gasteiger partial charge in [0.05, 0.1) is 29.0 Å². The molecule has 1 saturated carbocycles. The largest absolute Gasteiger partial charge is 0.322 e. The van der Waals surface area contributed by atoms with Crippen molar-refractivity contribution in [2.45, 2.75) is 38.3 Å². The van der Waals surface area contributed by atoms with Gasteiger partial charge in [-0.05, 0) is 19.4 Å². The zero-order chi connectivity index (χ0) is 16.1. The van der Waals surface area contributed by atoms with Crippen molar-refractivity contribution < 1.29 is 19.3 Å². The van der Waals surface area contributed by atoms with Crippen LogP contribution >= 0.6 is 0 Å². The van der Waals surface area contributed by atoms with Gasteiger partial charge in [0.15, 0.2) is 5.78 Å². The fourth-order valence-electron chi connectivity index (χ4n) is 3.15. The number of ketones is 2. The van der Waals surface area contributed by atoms with E-state index < -0.39 is 10.5 Å². The molecule has 22 heavy (non-hydrogen) atoms. The van der Waals surface area contributed by atoms with Crippen molar-refractivity contribution >= 4 is 23.2 Å². The van der Waals surface area contributed by atoms with Gasteiger partial charge < -0.3 is 4.90 Å². The number of hydrogen-bond donors (Lipinski definition) is 0. The summed E-state index contributed by atoms with van der Waals surface area (Å²) in [4.78, 5) is 48.2. The van der Waals surface area contributed by atoms with Crippen LogP contribution in [0.25, 0.3) is 0 Å². The lowest BCUT2D eigenvalue weighted by molar-refractivity contribution is -0.385. The van der Waals surface area contributed by atoms with Gasteiger partial charge in [-0.2, -0.15) is 0 Å². The first-order valence-electron chi connectivity index (χ1n) is 6.98. The summed E-state index contributed by atoms with van der Waals surface area (Å²) in [5, 5.41) is 11.1. The van der Waals surface area contributed by atoms with Crippen molar-refractivity contribution in [1.82, 2.24) is 4.90 Å². The summed E-state index contributed by atoms with van der Waals surface area (Å²) >= 11 is 0. The number of carbonyl (C=O) groups excluding carboxylic acids is 3. The summed E-state index contributed by atoms with van der Waals surface area (Å²) in [6.45, 7) is 1.67. The number of hydrogen-bond acceptors (Lipinski definition) is 5. The van der Waals surface area contributed by atoms with E-state index in [0.29, 0.717) is 5.56 Å². The first kappa shape index (κ1) is 14.4. The van der Waals surface area contributed by atoms with Gasteiger partial charge in [0.2, 0.25) is 0 Å². The Morgan fingerprint density at radius 3 is 2.64 bits per heavy atom. The maximum atomic E-state index is 12.6. The van der Waals surface area contributed by atoms with Crippen molar-refractivity contribution in [3.05, 3.63) is 39.4 Å². The van der Waals surface area contributed by atoms with Crippen LogP contribution in [-0.4, -0.2) is 32.8 Å². The second-order valence-corrected chi connectivity index (χ2v) is 5.86. The minimum Gasteiger partial charge on any atom is -0.322 e. The van der Waals surface area contributed by atoms with Gasteiger partial charge in [0.25, 0.3) is 11.6 Å². The van der Waals surface area contributed by atoms with Crippen LogP contribution in [0.5, 0.6) is 0 Å². The van der Waals surface area contributed by atoms with Crippen LogP contribution < -0.4 is 0 Å². The van der Waals surface area contributed by atoms with Crippen molar-refractivity contribution in [2.75, 3.05) is 0 Å². The van der Waals surface area contributed by atoms with Crippen LogP contribution in [0.1, 0.15) is 42.1 Å². The van der Waals surface area contributed by atoms with Crippen molar-refractivity contribution in [2.24, 2.45) is 0 Å². The van der Waals surface area contributed by atoms with Gasteiger partial charge in [0.1, 0.15) is 11.3 Å². The third-order valence-corrected chi connectivity index (χ3v) is 4.58. The molecule has 0 spiro atoms. The van der Waals surface area contributed by atoms with E-state index in [9.17, 15) is 24.5 Å². The average molecular weight is 302 g/mol. The van der Waals surface area contributed by atoms with E-state index in [2.05, 4.69) is 0 Å². The van der Waals surface area contributed by atoms with E-state index in [1.54, 1.807) is 6.92 Å². The number of carbonyl (C=O) groups is 3. The lowest BCUT2D eigenvalue weighted by Crippen LogP contribution is -2.55. The Morgan fingerprint density at radius 2 is 2.00 bits per heavy atom. The molecule has 1 amide bonds. The Morgan fingerprint density at radius 1 is 1.27 bits per heavy atom. The Balaban J connectivity index is 2.01. The number of benzene rings is 1. The molecule has 1 aromatic rings. The first-order chi connectivity index (χ1) is 10.3. The number of nitrogens with zero attached hydrogens (tertiary/aromatic N) is 2. The Hall–Kier alpha value is -2.57. The molecule has 1 atom stereocenters. The van der Waals surface area contributed by atoms with Gasteiger partial charge in [0, 0.05) is 12.5 Å². The molecule has 1 aromatic carbocycles. The number of nitro groups is 1. The third-order valence-electron chi connectivity index (χ3n) is 4.58. The number of fused-ring (bicyclic) bond motifs is 1. The zero-order valence-corrected chi connectivity index (χ0v) is 12.0. The van der Waals surface area contributed by atoms with Gasteiger partial charge in [-0.1, -0.05) is 6.07 Å². The second kappa shape index (κ2) is 4.72. The Bertz CT molecular complexity index is 727.